The fraction of sp³-hybridized carbons (Fsp3) is 0.636. The number of sulfonamides is 1. The molecule has 1 aliphatic carbocycles. The van der Waals surface area contributed by atoms with Crippen LogP contribution in [0.4, 0.5) is 13.2 Å². The molecule has 1 spiro atoms. The molecule has 1 aromatic carbocycles. The highest BCUT2D eigenvalue weighted by Gasteiger charge is 2.45. The first kappa shape index (κ1) is 33.7. The summed E-state index contributed by atoms with van der Waals surface area (Å²) in [5.41, 5.74) is 0.833. The van der Waals surface area contributed by atoms with E-state index in [9.17, 15) is 31.5 Å². The molecule has 2 N–H and O–H groups in total. The van der Waals surface area contributed by atoms with Crippen molar-refractivity contribution in [2.45, 2.75) is 82.3 Å². The number of carbonyl (C=O) groups excluding carboxylic acids is 1. The Kier molecular flexibility index (Phi) is 10.2. The molecule has 4 aliphatic rings. The van der Waals surface area contributed by atoms with Gasteiger partial charge in [0.05, 0.1) is 12.4 Å². The number of benzene rings is 1. The van der Waals surface area contributed by atoms with E-state index in [1.54, 1.807) is 27.4 Å². The van der Waals surface area contributed by atoms with Crippen LogP contribution in [0.15, 0.2) is 47.6 Å². The van der Waals surface area contributed by atoms with Crippen LogP contribution >= 0.6 is 0 Å². The van der Waals surface area contributed by atoms with E-state index in [1.165, 1.54) is 0 Å². The molecule has 3 aliphatic heterocycles. The Morgan fingerprint density at radius 2 is 1.78 bits per heavy atom. The number of alkyl halides is 1. The molecular weight excluding hydrogens is 605 g/mol. The van der Waals surface area contributed by atoms with Crippen molar-refractivity contribution in [1.29, 1.82) is 0 Å². The molecule has 8 nitrogen and oxygen atoms in total. The topological polar surface area (TPSA) is 102 Å². The van der Waals surface area contributed by atoms with Crippen LogP contribution in [0, 0.1) is 18.8 Å². The van der Waals surface area contributed by atoms with Gasteiger partial charge in [0.1, 0.15) is 17.0 Å². The number of halogens is 3. The Morgan fingerprint density at radius 3 is 2.38 bits per heavy atom. The lowest BCUT2D eigenvalue weighted by molar-refractivity contribution is 0.00991. The molecule has 2 saturated heterocycles. The second-order valence-electron chi connectivity index (χ2n) is 13.3. The smallest absolute Gasteiger partial charge is 0.266 e. The summed E-state index contributed by atoms with van der Waals surface area (Å²) in [7, 11) is -3.53. The van der Waals surface area contributed by atoms with Gasteiger partial charge in [-0.3, -0.25) is 9.79 Å². The SMILES string of the molecule is C=C1NC(C2CCC(CC=C(F)F)CC2)=NC12CCN(S(=O)(=O)CCc1ccc(C(=O)N3CCC(F)(CO)CC3)cc1C)CC2. The molecule has 12 heteroatoms. The summed E-state index contributed by atoms with van der Waals surface area (Å²) in [6.45, 7) is 6.75. The maximum Gasteiger partial charge on any atom is 0.266 e. The van der Waals surface area contributed by atoms with Gasteiger partial charge in [-0.2, -0.15) is 8.78 Å². The minimum Gasteiger partial charge on any atom is -0.393 e. The first-order valence-electron chi connectivity index (χ1n) is 16.1. The number of aliphatic hydroxyl groups excluding tert-OH is 1. The number of nitrogens with zero attached hydrogens (tertiary/aromatic N) is 3. The van der Waals surface area contributed by atoms with Gasteiger partial charge >= 0.3 is 0 Å². The molecule has 0 unspecified atom stereocenters. The maximum atomic E-state index is 14.3. The fourth-order valence-electron chi connectivity index (χ4n) is 7.19. The monoisotopic (exact) mass is 650 g/mol. The van der Waals surface area contributed by atoms with Crippen molar-refractivity contribution in [2.75, 3.05) is 38.5 Å². The molecule has 0 radical (unpaired) electrons. The number of rotatable bonds is 9. The molecule has 45 heavy (non-hydrogen) atoms. The minimum atomic E-state index is -3.53. The number of piperidine rings is 2. The molecule has 5 rings (SSSR count). The van der Waals surface area contributed by atoms with E-state index >= 15 is 0 Å². The molecule has 1 aromatic rings. The van der Waals surface area contributed by atoms with E-state index in [0.29, 0.717) is 44.3 Å². The maximum absolute atomic E-state index is 14.3. The standard InChI is InChI=1S/C33H45F3N4O4S/c1-23-21-28(31(42)39-16-12-32(36,22-41)13-17-39)9-8-26(23)11-20-45(43,44)40-18-14-33(15-19-40)24(2)37-30(38-33)27-6-3-25(4-7-27)5-10-29(34)35/h8-10,21,25,27,41H,2-7,11-20,22H2,1H3,(H,37,38). The van der Waals surface area contributed by atoms with Gasteiger partial charge in [0.15, 0.2) is 0 Å². The molecule has 248 valence electrons. The Morgan fingerprint density at radius 1 is 1.11 bits per heavy atom. The van der Waals surface area contributed by atoms with Crippen molar-refractivity contribution in [3.63, 3.8) is 0 Å². The predicted octanol–water partition coefficient (Wildman–Crippen LogP) is 5.13. The summed E-state index contributed by atoms with van der Waals surface area (Å²) in [5.74, 6) is 1.18. The Hall–Kier alpha value is -2.70. The summed E-state index contributed by atoms with van der Waals surface area (Å²) in [6, 6.07) is 5.27. The number of hydrogen-bond acceptors (Lipinski definition) is 6. The highest BCUT2D eigenvalue weighted by atomic mass is 32.2. The van der Waals surface area contributed by atoms with Gasteiger partial charge in [-0.1, -0.05) is 12.6 Å². The molecule has 0 aromatic heterocycles. The van der Waals surface area contributed by atoms with Crippen LogP contribution in [0.1, 0.15) is 79.3 Å². The van der Waals surface area contributed by atoms with Crippen LogP contribution < -0.4 is 5.32 Å². The molecule has 3 heterocycles. The average Bonchev–Trinajstić information content (AvgIpc) is 3.34. The van der Waals surface area contributed by atoms with Gasteiger partial charge in [-0.25, -0.2) is 17.1 Å². The van der Waals surface area contributed by atoms with Crippen molar-refractivity contribution in [2.24, 2.45) is 16.8 Å². The number of allylic oxidation sites excluding steroid dienone is 1. The number of amidine groups is 1. The largest absolute Gasteiger partial charge is 0.393 e. The number of carbonyl (C=O) groups is 1. The summed E-state index contributed by atoms with van der Waals surface area (Å²) >= 11 is 0. The van der Waals surface area contributed by atoms with Crippen molar-refractivity contribution >= 4 is 21.8 Å². The van der Waals surface area contributed by atoms with Crippen LogP contribution in [0.2, 0.25) is 0 Å². The van der Waals surface area contributed by atoms with Crippen molar-refractivity contribution < 1.29 is 31.5 Å². The van der Waals surface area contributed by atoms with Gasteiger partial charge < -0.3 is 15.3 Å². The number of aliphatic imine (C=N–C) groups is 1. The van der Waals surface area contributed by atoms with E-state index in [4.69, 9.17) is 4.99 Å². The van der Waals surface area contributed by atoms with Gasteiger partial charge in [-0.05, 0) is 93.5 Å². The first-order chi connectivity index (χ1) is 21.3. The van der Waals surface area contributed by atoms with Crippen LogP contribution in [0.3, 0.4) is 0 Å². The molecule has 1 amide bonds. The summed E-state index contributed by atoms with van der Waals surface area (Å²) in [6.07, 6.45) is 4.97. The number of aliphatic hydroxyl groups is 1. The highest BCUT2D eigenvalue weighted by Crippen LogP contribution is 2.40. The van der Waals surface area contributed by atoms with Crippen molar-refractivity contribution in [3.8, 4) is 0 Å². The fourth-order valence-corrected chi connectivity index (χ4v) is 8.67. The summed E-state index contributed by atoms with van der Waals surface area (Å²) in [4.78, 5) is 19.6. The lowest BCUT2D eigenvalue weighted by Crippen LogP contribution is -2.47. The van der Waals surface area contributed by atoms with E-state index < -0.39 is 33.9 Å². The second kappa shape index (κ2) is 13.6. The number of likely N-dealkylation sites (tertiary alicyclic amines) is 1. The third-order valence-corrected chi connectivity index (χ3v) is 12.3. The molecule has 3 fully saturated rings. The average molecular weight is 651 g/mol. The quantitative estimate of drug-likeness (QED) is 0.386. The molecule has 0 atom stereocenters. The Balaban J connectivity index is 1.12. The van der Waals surface area contributed by atoms with Crippen LogP contribution in [-0.4, -0.2) is 84.2 Å². The first-order valence-corrected chi connectivity index (χ1v) is 17.7. The predicted molar refractivity (Wildman–Crippen MR) is 168 cm³/mol. The number of aryl methyl sites for hydroxylation is 2. The third kappa shape index (κ3) is 7.65. The van der Waals surface area contributed by atoms with E-state index in [2.05, 4.69) is 11.9 Å². The van der Waals surface area contributed by atoms with Crippen LogP contribution in [0.25, 0.3) is 0 Å². The lowest BCUT2D eigenvalue weighted by atomic mass is 9.80. The zero-order chi connectivity index (χ0) is 32.4. The van der Waals surface area contributed by atoms with E-state index in [1.807, 2.05) is 6.92 Å². The van der Waals surface area contributed by atoms with Crippen molar-refractivity contribution in [3.05, 3.63) is 59.3 Å². The second-order valence-corrected chi connectivity index (χ2v) is 15.4. The minimum absolute atomic E-state index is 0.0432. The zero-order valence-corrected chi connectivity index (χ0v) is 26.9. The highest BCUT2D eigenvalue weighted by molar-refractivity contribution is 7.89. The Bertz CT molecular complexity index is 1440. The van der Waals surface area contributed by atoms with Crippen LogP contribution in [0.5, 0.6) is 0 Å². The van der Waals surface area contributed by atoms with Gasteiger partial charge in [0.25, 0.3) is 12.0 Å². The van der Waals surface area contributed by atoms with Gasteiger partial charge in [0, 0.05) is 56.2 Å². The summed E-state index contributed by atoms with van der Waals surface area (Å²) < 4.78 is 67.5. The zero-order valence-electron chi connectivity index (χ0n) is 26.0. The number of nitrogens with one attached hydrogen (secondary N) is 1. The number of amides is 1. The summed E-state index contributed by atoms with van der Waals surface area (Å²) in [5, 5.41) is 12.6. The normalized spacial score (nSPS) is 25.1. The van der Waals surface area contributed by atoms with Gasteiger partial charge in [-0.15, -0.1) is 0 Å². The third-order valence-electron chi connectivity index (χ3n) is 10.4. The lowest BCUT2D eigenvalue weighted by Gasteiger charge is -2.36. The molecule has 0 bridgehead atoms. The Labute approximate surface area is 264 Å². The van der Waals surface area contributed by atoms with E-state index in [0.717, 1.165) is 54.4 Å². The molecular formula is C33H45F3N4O4S. The van der Waals surface area contributed by atoms with E-state index in [-0.39, 0.29) is 49.4 Å². The van der Waals surface area contributed by atoms with Gasteiger partial charge in [0.2, 0.25) is 10.0 Å². The number of hydrogen-bond donors (Lipinski definition) is 2. The molecule has 1 saturated carbocycles. The van der Waals surface area contributed by atoms with Crippen LogP contribution in [-0.2, 0) is 16.4 Å². The van der Waals surface area contributed by atoms with Crippen molar-refractivity contribution in [1.82, 2.24) is 14.5 Å².